The number of carboxylic acid groups (broad SMARTS) is 1. The monoisotopic (exact) mass is 250 g/mol. The molecule has 1 aromatic rings. The second-order valence-electron chi connectivity index (χ2n) is 4.47. The second-order valence-corrected chi connectivity index (χ2v) is 4.47. The van der Waals surface area contributed by atoms with Crippen molar-refractivity contribution in [1.29, 1.82) is 0 Å². The van der Waals surface area contributed by atoms with Gasteiger partial charge in [-0.3, -0.25) is 0 Å². The van der Waals surface area contributed by atoms with Gasteiger partial charge in [0.2, 0.25) is 0 Å². The molecule has 1 aliphatic rings. The lowest BCUT2D eigenvalue weighted by molar-refractivity contribution is -0.149. The molecule has 0 bridgehead atoms. The van der Waals surface area contributed by atoms with Crippen LogP contribution in [0.2, 0.25) is 0 Å². The number of benzene rings is 1. The summed E-state index contributed by atoms with van der Waals surface area (Å²) in [6.45, 7) is 2.51. The molecule has 4 heteroatoms. The lowest BCUT2D eigenvalue weighted by Crippen LogP contribution is -2.23. The third-order valence-corrected chi connectivity index (χ3v) is 3.13. The molecule has 0 saturated carbocycles. The van der Waals surface area contributed by atoms with Gasteiger partial charge in [-0.25, -0.2) is 4.79 Å². The minimum absolute atomic E-state index is 0.114. The van der Waals surface area contributed by atoms with Gasteiger partial charge in [0.15, 0.2) is 6.10 Å². The van der Waals surface area contributed by atoms with Crippen molar-refractivity contribution in [2.45, 2.75) is 38.4 Å². The van der Waals surface area contributed by atoms with Crippen LogP contribution < -0.4 is 4.74 Å². The summed E-state index contributed by atoms with van der Waals surface area (Å²) in [6, 6.07) is 7.93. The number of hydrogen-bond donors (Lipinski definition) is 1. The predicted octanol–water partition coefficient (Wildman–Crippen LogP) is 2.26. The molecular weight excluding hydrogens is 232 g/mol. The zero-order chi connectivity index (χ0) is 13.0. The summed E-state index contributed by atoms with van der Waals surface area (Å²) in [5.74, 6) is -0.0674. The highest BCUT2D eigenvalue weighted by molar-refractivity contribution is 5.72. The van der Waals surface area contributed by atoms with E-state index in [9.17, 15) is 4.79 Å². The first kappa shape index (κ1) is 12.9. The number of aryl methyl sites for hydroxylation is 1. The molecule has 1 heterocycles. The summed E-state index contributed by atoms with van der Waals surface area (Å²) in [7, 11) is 0. The van der Waals surface area contributed by atoms with Gasteiger partial charge in [-0.1, -0.05) is 19.1 Å². The van der Waals surface area contributed by atoms with Gasteiger partial charge in [0.25, 0.3) is 0 Å². The standard InChI is InChI=1S/C14H18O4/c1-2-10-4-3-5-11(8-10)17-9-12-6-7-13(18-12)14(15)16/h3-5,8,12-13H,2,6-7,9H2,1H3,(H,15,16). The molecule has 0 amide bonds. The van der Waals surface area contributed by atoms with Gasteiger partial charge in [0.1, 0.15) is 12.4 Å². The quantitative estimate of drug-likeness (QED) is 0.871. The fraction of sp³-hybridized carbons (Fsp3) is 0.500. The summed E-state index contributed by atoms with van der Waals surface area (Å²) < 4.78 is 11.0. The maximum absolute atomic E-state index is 10.7. The molecule has 98 valence electrons. The van der Waals surface area contributed by atoms with Gasteiger partial charge < -0.3 is 14.6 Å². The zero-order valence-corrected chi connectivity index (χ0v) is 10.5. The van der Waals surface area contributed by atoms with Crippen molar-refractivity contribution in [3.05, 3.63) is 29.8 Å². The van der Waals surface area contributed by atoms with E-state index in [0.29, 0.717) is 13.0 Å². The van der Waals surface area contributed by atoms with E-state index in [1.807, 2.05) is 18.2 Å². The molecule has 1 N–H and O–H groups in total. The van der Waals surface area contributed by atoms with Crippen molar-refractivity contribution in [3.8, 4) is 5.75 Å². The minimum Gasteiger partial charge on any atom is -0.491 e. The Labute approximate surface area is 107 Å². The predicted molar refractivity (Wildman–Crippen MR) is 66.8 cm³/mol. The first-order valence-electron chi connectivity index (χ1n) is 6.29. The topological polar surface area (TPSA) is 55.8 Å². The molecule has 0 aliphatic carbocycles. The van der Waals surface area contributed by atoms with Gasteiger partial charge >= 0.3 is 5.97 Å². The fourth-order valence-corrected chi connectivity index (χ4v) is 2.05. The summed E-state index contributed by atoms with van der Waals surface area (Å²) in [6.07, 6.45) is 1.50. The maximum atomic E-state index is 10.7. The first-order chi connectivity index (χ1) is 8.69. The lowest BCUT2D eigenvalue weighted by Gasteiger charge is -2.13. The van der Waals surface area contributed by atoms with E-state index in [4.69, 9.17) is 14.6 Å². The average molecular weight is 250 g/mol. The number of ether oxygens (including phenoxy) is 2. The van der Waals surface area contributed by atoms with Gasteiger partial charge in [0.05, 0.1) is 6.10 Å². The van der Waals surface area contributed by atoms with Gasteiger partial charge in [-0.2, -0.15) is 0 Å². The summed E-state index contributed by atoms with van der Waals surface area (Å²) in [5.41, 5.74) is 1.23. The fourth-order valence-electron chi connectivity index (χ4n) is 2.05. The van der Waals surface area contributed by atoms with Crippen LogP contribution in [0.3, 0.4) is 0 Å². The SMILES string of the molecule is CCc1cccc(OCC2CCC(C(=O)O)O2)c1. The van der Waals surface area contributed by atoms with Gasteiger partial charge in [-0.15, -0.1) is 0 Å². The lowest BCUT2D eigenvalue weighted by atomic mass is 10.1. The molecular formula is C14H18O4. The Hall–Kier alpha value is -1.55. The van der Waals surface area contributed by atoms with Gasteiger partial charge in [0, 0.05) is 0 Å². The maximum Gasteiger partial charge on any atom is 0.332 e. The Morgan fingerprint density at radius 2 is 2.33 bits per heavy atom. The third kappa shape index (κ3) is 3.23. The van der Waals surface area contributed by atoms with Crippen LogP contribution in [-0.2, 0) is 16.0 Å². The van der Waals surface area contributed by atoms with Crippen LogP contribution in [0.15, 0.2) is 24.3 Å². The Balaban J connectivity index is 1.83. The molecule has 1 aliphatic heterocycles. The van der Waals surface area contributed by atoms with E-state index >= 15 is 0 Å². The van der Waals surface area contributed by atoms with E-state index in [1.165, 1.54) is 5.56 Å². The summed E-state index contributed by atoms with van der Waals surface area (Å²) in [4.78, 5) is 10.7. The number of carbonyl (C=O) groups is 1. The Kier molecular flexibility index (Phi) is 4.20. The van der Waals surface area contributed by atoms with Crippen molar-refractivity contribution in [3.63, 3.8) is 0 Å². The average Bonchev–Trinajstić information content (AvgIpc) is 2.85. The number of rotatable bonds is 5. The Morgan fingerprint density at radius 1 is 1.50 bits per heavy atom. The molecule has 0 aromatic heterocycles. The van der Waals surface area contributed by atoms with E-state index in [-0.39, 0.29) is 6.10 Å². The number of carboxylic acids is 1. The summed E-state index contributed by atoms with van der Waals surface area (Å²) >= 11 is 0. The largest absolute Gasteiger partial charge is 0.491 e. The van der Waals surface area contributed by atoms with Crippen LogP contribution in [0.1, 0.15) is 25.3 Å². The highest BCUT2D eigenvalue weighted by Crippen LogP contribution is 2.21. The highest BCUT2D eigenvalue weighted by atomic mass is 16.6. The molecule has 0 spiro atoms. The molecule has 2 atom stereocenters. The molecule has 4 nitrogen and oxygen atoms in total. The smallest absolute Gasteiger partial charge is 0.332 e. The third-order valence-electron chi connectivity index (χ3n) is 3.13. The first-order valence-corrected chi connectivity index (χ1v) is 6.29. The van der Waals surface area contributed by atoms with Crippen LogP contribution in [-0.4, -0.2) is 29.9 Å². The molecule has 2 rings (SSSR count). The molecule has 1 saturated heterocycles. The van der Waals surface area contributed by atoms with Crippen LogP contribution in [0.25, 0.3) is 0 Å². The van der Waals surface area contributed by atoms with Crippen LogP contribution in [0.5, 0.6) is 5.75 Å². The molecule has 2 unspecified atom stereocenters. The molecule has 1 aromatic carbocycles. The van der Waals surface area contributed by atoms with Crippen LogP contribution in [0.4, 0.5) is 0 Å². The van der Waals surface area contributed by atoms with Crippen molar-refractivity contribution >= 4 is 5.97 Å². The van der Waals surface area contributed by atoms with Crippen molar-refractivity contribution < 1.29 is 19.4 Å². The van der Waals surface area contributed by atoms with Crippen LogP contribution in [0, 0.1) is 0 Å². The Morgan fingerprint density at radius 3 is 3.00 bits per heavy atom. The van der Waals surface area contributed by atoms with E-state index in [0.717, 1.165) is 18.6 Å². The molecule has 0 radical (unpaired) electrons. The van der Waals surface area contributed by atoms with Gasteiger partial charge in [-0.05, 0) is 37.0 Å². The molecule has 1 fully saturated rings. The van der Waals surface area contributed by atoms with Crippen molar-refractivity contribution in [1.82, 2.24) is 0 Å². The van der Waals surface area contributed by atoms with Crippen molar-refractivity contribution in [2.75, 3.05) is 6.61 Å². The van der Waals surface area contributed by atoms with Crippen molar-refractivity contribution in [2.24, 2.45) is 0 Å². The van der Waals surface area contributed by atoms with E-state index in [1.54, 1.807) is 0 Å². The minimum atomic E-state index is -0.884. The molecule has 18 heavy (non-hydrogen) atoms. The van der Waals surface area contributed by atoms with E-state index < -0.39 is 12.1 Å². The zero-order valence-electron chi connectivity index (χ0n) is 10.5. The number of hydrogen-bond acceptors (Lipinski definition) is 3. The normalized spacial score (nSPS) is 22.9. The number of aliphatic carboxylic acids is 1. The second kappa shape index (κ2) is 5.87. The summed E-state index contributed by atoms with van der Waals surface area (Å²) in [5, 5.41) is 8.82. The van der Waals surface area contributed by atoms with Crippen LogP contribution >= 0.6 is 0 Å². The van der Waals surface area contributed by atoms with E-state index in [2.05, 4.69) is 13.0 Å². The highest BCUT2D eigenvalue weighted by Gasteiger charge is 2.30. The Bertz CT molecular complexity index is 416.